The Hall–Kier alpha value is -1.36. The van der Waals surface area contributed by atoms with Gasteiger partial charge in [0.1, 0.15) is 5.65 Å². The Morgan fingerprint density at radius 3 is 2.88 bits per heavy atom. The smallest absolute Gasteiger partial charge is 0.357 e. The number of nitrogens with zero attached hydrogens (tertiary/aromatic N) is 2. The molecule has 0 N–H and O–H groups in total. The van der Waals surface area contributed by atoms with E-state index in [2.05, 4.69) is 20.9 Å². The van der Waals surface area contributed by atoms with Crippen LogP contribution in [-0.2, 0) is 11.2 Å². The molecule has 0 amide bonds. The van der Waals surface area contributed by atoms with Crippen LogP contribution in [0, 0.1) is 0 Å². The summed E-state index contributed by atoms with van der Waals surface area (Å²) < 4.78 is 7.73. The highest BCUT2D eigenvalue weighted by atomic mass is 79.9. The van der Waals surface area contributed by atoms with Crippen LogP contribution in [0.3, 0.4) is 0 Å². The molecular formula is C12H13BrN2O2. The van der Waals surface area contributed by atoms with Crippen LogP contribution < -0.4 is 0 Å². The van der Waals surface area contributed by atoms with Crippen molar-refractivity contribution in [3.63, 3.8) is 0 Å². The van der Waals surface area contributed by atoms with Gasteiger partial charge < -0.3 is 4.74 Å². The summed E-state index contributed by atoms with van der Waals surface area (Å²) in [6.45, 7) is 4.13. The zero-order chi connectivity index (χ0) is 12.4. The van der Waals surface area contributed by atoms with Gasteiger partial charge in [0.15, 0.2) is 5.69 Å². The summed E-state index contributed by atoms with van der Waals surface area (Å²) in [6.07, 6.45) is 2.53. The van der Waals surface area contributed by atoms with E-state index in [1.807, 2.05) is 25.3 Å². The third kappa shape index (κ3) is 2.20. The molecule has 0 aliphatic rings. The minimum absolute atomic E-state index is 0.324. The van der Waals surface area contributed by atoms with Gasteiger partial charge in [-0.1, -0.05) is 6.92 Å². The average molecular weight is 297 g/mol. The minimum atomic E-state index is -0.324. The zero-order valence-electron chi connectivity index (χ0n) is 9.74. The Kier molecular flexibility index (Phi) is 3.47. The van der Waals surface area contributed by atoms with Crippen molar-refractivity contribution in [2.24, 2.45) is 0 Å². The van der Waals surface area contributed by atoms with Gasteiger partial charge in [0, 0.05) is 10.7 Å². The van der Waals surface area contributed by atoms with Gasteiger partial charge in [-0.25, -0.2) is 9.78 Å². The number of ether oxygens (including phenoxy) is 1. The first-order chi connectivity index (χ1) is 8.17. The summed E-state index contributed by atoms with van der Waals surface area (Å²) in [7, 11) is 0. The number of carbonyl (C=O) groups is 1. The molecule has 0 aromatic carbocycles. The maximum atomic E-state index is 11.9. The second-order valence-corrected chi connectivity index (χ2v) is 4.47. The van der Waals surface area contributed by atoms with E-state index in [0.717, 1.165) is 15.8 Å². The monoisotopic (exact) mass is 296 g/mol. The van der Waals surface area contributed by atoms with Crippen molar-refractivity contribution in [2.75, 3.05) is 6.61 Å². The lowest BCUT2D eigenvalue weighted by Crippen LogP contribution is -2.10. The summed E-state index contributed by atoms with van der Waals surface area (Å²) in [5.74, 6) is -0.324. The molecule has 2 rings (SSSR count). The molecule has 0 saturated carbocycles. The van der Waals surface area contributed by atoms with Crippen molar-refractivity contribution >= 4 is 27.5 Å². The molecule has 0 bridgehead atoms. The van der Waals surface area contributed by atoms with Crippen LogP contribution in [0.25, 0.3) is 5.65 Å². The minimum Gasteiger partial charge on any atom is -0.461 e. The number of carbonyl (C=O) groups excluding carboxylic acids is 1. The van der Waals surface area contributed by atoms with Crippen molar-refractivity contribution in [3.8, 4) is 0 Å². The molecule has 4 nitrogen and oxygen atoms in total. The third-order valence-corrected chi connectivity index (χ3v) is 2.93. The van der Waals surface area contributed by atoms with Crippen LogP contribution >= 0.6 is 15.9 Å². The average Bonchev–Trinajstić information content (AvgIpc) is 2.66. The number of imidazole rings is 1. The lowest BCUT2D eigenvalue weighted by molar-refractivity contribution is 0.0517. The normalized spacial score (nSPS) is 10.8. The number of hydrogen-bond acceptors (Lipinski definition) is 3. The first-order valence-corrected chi connectivity index (χ1v) is 6.30. The van der Waals surface area contributed by atoms with Gasteiger partial charge >= 0.3 is 5.97 Å². The fourth-order valence-electron chi connectivity index (χ4n) is 1.73. The first kappa shape index (κ1) is 12.1. The first-order valence-electron chi connectivity index (χ1n) is 5.51. The molecule has 0 fully saturated rings. The van der Waals surface area contributed by atoms with Crippen molar-refractivity contribution in [3.05, 3.63) is 34.2 Å². The predicted molar refractivity (Wildman–Crippen MR) is 68.2 cm³/mol. The van der Waals surface area contributed by atoms with Crippen molar-refractivity contribution in [1.29, 1.82) is 0 Å². The molecule has 0 aliphatic carbocycles. The Balaban J connectivity index is 2.64. The summed E-state index contributed by atoms with van der Waals surface area (Å²) in [5.41, 5.74) is 2.04. The van der Waals surface area contributed by atoms with E-state index in [0.29, 0.717) is 18.7 Å². The number of esters is 1. The Labute approximate surface area is 108 Å². The molecule has 0 aliphatic heterocycles. The van der Waals surface area contributed by atoms with E-state index >= 15 is 0 Å². The second-order valence-electron chi connectivity index (χ2n) is 3.56. The molecule has 0 unspecified atom stereocenters. The number of hydrogen-bond donors (Lipinski definition) is 0. The molecule has 0 saturated heterocycles. The van der Waals surface area contributed by atoms with Crippen LogP contribution in [0.1, 0.15) is 30.0 Å². The fourth-order valence-corrected chi connectivity index (χ4v) is 2.07. The molecule has 0 atom stereocenters. The van der Waals surface area contributed by atoms with Gasteiger partial charge in [-0.05, 0) is 41.4 Å². The van der Waals surface area contributed by atoms with Crippen molar-refractivity contribution in [2.45, 2.75) is 20.3 Å². The van der Waals surface area contributed by atoms with Crippen LogP contribution in [0.5, 0.6) is 0 Å². The topological polar surface area (TPSA) is 43.6 Å². The van der Waals surface area contributed by atoms with Crippen LogP contribution in [0.15, 0.2) is 22.8 Å². The summed E-state index contributed by atoms with van der Waals surface area (Å²) >= 11 is 3.39. The molecular weight excluding hydrogens is 284 g/mol. The SMILES string of the molecule is CCOC(=O)c1c(CC)nc2ccc(Br)cn12. The van der Waals surface area contributed by atoms with Gasteiger partial charge in [0.25, 0.3) is 0 Å². The molecule has 5 heteroatoms. The largest absolute Gasteiger partial charge is 0.461 e. The van der Waals surface area contributed by atoms with Crippen molar-refractivity contribution < 1.29 is 9.53 Å². The Morgan fingerprint density at radius 2 is 2.24 bits per heavy atom. The maximum Gasteiger partial charge on any atom is 0.357 e. The zero-order valence-corrected chi connectivity index (χ0v) is 11.3. The van der Waals surface area contributed by atoms with E-state index in [1.165, 1.54) is 0 Å². The van der Waals surface area contributed by atoms with Gasteiger partial charge in [-0.15, -0.1) is 0 Å². The molecule has 2 aromatic rings. The molecule has 0 spiro atoms. The molecule has 90 valence electrons. The van der Waals surface area contributed by atoms with Crippen molar-refractivity contribution in [1.82, 2.24) is 9.38 Å². The lowest BCUT2D eigenvalue weighted by atomic mass is 10.2. The summed E-state index contributed by atoms with van der Waals surface area (Å²) in [4.78, 5) is 16.3. The highest BCUT2D eigenvalue weighted by Gasteiger charge is 2.19. The quantitative estimate of drug-likeness (QED) is 0.818. The van der Waals surface area contributed by atoms with E-state index in [4.69, 9.17) is 4.74 Å². The molecule has 2 heterocycles. The molecule has 2 aromatic heterocycles. The van der Waals surface area contributed by atoms with E-state index < -0.39 is 0 Å². The Morgan fingerprint density at radius 1 is 1.47 bits per heavy atom. The number of aryl methyl sites for hydroxylation is 1. The highest BCUT2D eigenvalue weighted by Crippen LogP contribution is 2.18. The van der Waals surface area contributed by atoms with E-state index in [1.54, 1.807) is 11.3 Å². The fraction of sp³-hybridized carbons (Fsp3) is 0.333. The predicted octanol–water partition coefficient (Wildman–Crippen LogP) is 2.84. The van der Waals surface area contributed by atoms with Crippen LogP contribution in [0.2, 0.25) is 0 Å². The second kappa shape index (κ2) is 4.87. The number of fused-ring (bicyclic) bond motifs is 1. The lowest BCUT2D eigenvalue weighted by Gasteiger charge is -2.03. The highest BCUT2D eigenvalue weighted by molar-refractivity contribution is 9.10. The number of aromatic nitrogens is 2. The van der Waals surface area contributed by atoms with E-state index in [9.17, 15) is 4.79 Å². The molecule has 0 radical (unpaired) electrons. The standard InChI is InChI=1S/C12H13BrN2O2/c1-3-9-11(12(16)17-4-2)15-7-8(13)5-6-10(15)14-9/h5-7H,3-4H2,1-2H3. The maximum absolute atomic E-state index is 11.9. The number of rotatable bonds is 3. The molecule has 17 heavy (non-hydrogen) atoms. The van der Waals surface area contributed by atoms with Gasteiger partial charge in [0.2, 0.25) is 0 Å². The summed E-state index contributed by atoms with van der Waals surface area (Å²) in [6, 6.07) is 3.77. The van der Waals surface area contributed by atoms with Gasteiger partial charge in [-0.2, -0.15) is 0 Å². The Bertz CT molecular complexity index is 563. The number of pyridine rings is 1. The number of halogens is 1. The van der Waals surface area contributed by atoms with E-state index in [-0.39, 0.29) is 5.97 Å². The third-order valence-electron chi connectivity index (χ3n) is 2.46. The summed E-state index contributed by atoms with van der Waals surface area (Å²) in [5, 5.41) is 0. The van der Waals surface area contributed by atoms with Gasteiger partial charge in [-0.3, -0.25) is 4.40 Å². The van der Waals surface area contributed by atoms with Gasteiger partial charge in [0.05, 0.1) is 12.3 Å². The van der Waals surface area contributed by atoms with Crippen LogP contribution in [-0.4, -0.2) is 22.0 Å². The van der Waals surface area contributed by atoms with Crippen LogP contribution in [0.4, 0.5) is 0 Å².